The molecular formula is C17H26ClN3O2. The molecule has 5 nitrogen and oxygen atoms in total. The van der Waals surface area contributed by atoms with Crippen molar-refractivity contribution < 1.29 is 9.53 Å². The summed E-state index contributed by atoms with van der Waals surface area (Å²) >= 11 is 0. The molecule has 6 heteroatoms. The summed E-state index contributed by atoms with van der Waals surface area (Å²) in [6, 6.07) is 6.59. The maximum absolute atomic E-state index is 12.0. The van der Waals surface area contributed by atoms with Crippen molar-refractivity contribution >= 4 is 24.0 Å². The van der Waals surface area contributed by atoms with Gasteiger partial charge in [-0.1, -0.05) is 18.2 Å². The standard InChI is InChI=1S/C17H25N3O2.ClH/c1-22-12-6-16(21)20-10-8-19(9-11-20)13-15-4-2-3-14-5-7-18-17(14)15;/h2-4,18H,5-13H2,1H3;1H. The minimum absolute atomic E-state index is 0. The molecule has 0 radical (unpaired) electrons. The van der Waals surface area contributed by atoms with Crippen LogP contribution in [0.2, 0.25) is 0 Å². The molecule has 0 spiro atoms. The summed E-state index contributed by atoms with van der Waals surface area (Å²) in [7, 11) is 1.64. The second kappa shape index (κ2) is 8.52. The van der Waals surface area contributed by atoms with E-state index in [0.29, 0.717) is 13.0 Å². The Hall–Kier alpha value is -1.30. The average molecular weight is 340 g/mol. The van der Waals surface area contributed by atoms with E-state index >= 15 is 0 Å². The predicted molar refractivity (Wildman–Crippen MR) is 94.2 cm³/mol. The minimum Gasteiger partial charge on any atom is -0.384 e. The first-order chi connectivity index (χ1) is 10.8. The molecule has 0 aliphatic carbocycles. The predicted octanol–water partition coefficient (Wildman–Crippen LogP) is 1.76. The monoisotopic (exact) mass is 339 g/mol. The Bertz CT molecular complexity index is 531. The number of ether oxygens (including phenoxy) is 1. The molecule has 0 bridgehead atoms. The van der Waals surface area contributed by atoms with Crippen molar-refractivity contribution in [1.82, 2.24) is 9.80 Å². The number of nitrogens with one attached hydrogen (secondary N) is 1. The summed E-state index contributed by atoms with van der Waals surface area (Å²) < 4.78 is 4.98. The van der Waals surface area contributed by atoms with Crippen molar-refractivity contribution in [2.24, 2.45) is 0 Å². The lowest BCUT2D eigenvalue weighted by Crippen LogP contribution is -2.48. The van der Waals surface area contributed by atoms with Crippen LogP contribution in [0.25, 0.3) is 0 Å². The molecule has 0 aromatic heterocycles. The molecule has 0 saturated carbocycles. The zero-order chi connectivity index (χ0) is 15.4. The Balaban J connectivity index is 0.00000192. The molecule has 1 aromatic rings. The topological polar surface area (TPSA) is 44.8 Å². The fourth-order valence-electron chi connectivity index (χ4n) is 3.29. The number of hydrogen-bond donors (Lipinski definition) is 1. The van der Waals surface area contributed by atoms with Crippen LogP contribution in [0.1, 0.15) is 17.5 Å². The maximum Gasteiger partial charge on any atom is 0.224 e. The molecule has 1 saturated heterocycles. The summed E-state index contributed by atoms with van der Waals surface area (Å²) in [5.41, 5.74) is 4.15. The van der Waals surface area contributed by atoms with Gasteiger partial charge in [0.1, 0.15) is 0 Å². The molecule has 23 heavy (non-hydrogen) atoms. The SMILES string of the molecule is COCCC(=O)N1CCN(Cc2cccc3c2NCC3)CC1.Cl. The molecule has 0 unspecified atom stereocenters. The molecule has 2 aliphatic heterocycles. The van der Waals surface area contributed by atoms with E-state index in [-0.39, 0.29) is 18.3 Å². The highest BCUT2D eigenvalue weighted by atomic mass is 35.5. The number of anilines is 1. The Morgan fingerprint density at radius 1 is 1.26 bits per heavy atom. The molecule has 1 amide bonds. The number of halogens is 1. The molecule has 0 atom stereocenters. The van der Waals surface area contributed by atoms with Crippen LogP contribution in [0, 0.1) is 0 Å². The number of hydrogen-bond acceptors (Lipinski definition) is 4. The lowest BCUT2D eigenvalue weighted by molar-refractivity contribution is -0.133. The number of carbonyl (C=O) groups is 1. The first-order valence-corrected chi connectivity index (χ1v) is 8.11. The van der Waals surface area contributed by atoms with E-state index in [9.17, 15) is 4.79 Å². The van der Waals surface area contributed by atoms with E-state index in [1.54, 1.807) is 7.11 Å². The van der Waals surface area contributed by atoms with E-state index < -0.39 is 0 Å². The number of piperazine rings is 1. The fourth-order valence-corrected chi connectivity index (χ4v) is 3.29. The third-order valence-corrected chi connectivity index (χ3v) is 4.57. The van der Waals surface area contributed by atoms with Crippen molar-refractivity contribution in [3.05, 3.63) is 29.3 Å². The van der Waals surface area contributed by atoms with E-state index in [2.05, 4.69) is 28.4 Å². The van der Waals surface area contributed by atoms with Gasteiger partial charge in [-0.15, -0.1) is 12.4 Å². The van der Waals surface area contributed by atoms with Gasteiger partial charge in [0.2, 0.25) is 5.91 Å². The second-order valence-corrected chi connectivity index (χ2v) is 6.03. The molecule has 2 heterocycles. The number of amides is 1. The first-order valence-electron chi connectivity index (χ1n) is 8.11. The number of carbonyl (C=O) groups excluding carboxylic acids is 1. The van der Waals surface area contributed by atoms with Crippen LogP contribution in [-0.4, -0.2) is 62.1 Å². The Labute approximate surface area is 144 Å². The third kappa shape index (κ3) is 4.37. The van der Waals surface area contributed by atoms with Gasteiger partial charge >= 0.3 is 0 Å². The number of nitrogens with zero attached hydrogens (tertiary/aromatic N) is 2. The van der Waals surface area contributed by atoms with Crippen LogP contribution >= 0.6 is 12.4 Å². The zero-order valence-electron chi connectivity index (χ0n) is 13.7. The van der Waals surface area contributed by atoms with Gasteiger partial charge in [0.25, 0.3) is 0 Å². The summed E-state index contributed by atoms with van der Waals surface area (Å²) in [6.07, 6.45) is 1.62. The maximum atomic E-state index is 12.0. The summed E-state index contributed by atoms with van der Waals surface area (Å²) in [5.74, 6) is 0.212. The van der Waals surface area contributed by atoms with Crippen molar-refractivity contribution in [2.75, 3.05) is 51.8 Å². The van der Waals surface area contributed by atoms with Crippen LogP contribution < -0.4 is 5.32 Å². The quantitative estimate of drug-likeness (QED) is 0.888. The van der Waals surface area contributed by atoms with Crippen molar-refractivity contribution in [1.29, 1.82) is 0 Å². The number of benzene rings is 1. The minimum atomic E-state index is 0. The van der Waals surface area contributed by atoms with Gasteiger partial charge in [-0.2, -0.15) is 0 Å². The van der Waals surface area contributed by atoms with Gasteiger partial charge in [-0.25, -0.2) is 0 Å². The first kappa shape index (κ1) is 18.0. The van der Waals surface area contributed by atoms with Gasteiger partial charge in [-0.05, 0) is 17.5 Å². The van der Waals surface area contributed by atoms with Crippen LogP contribution in [0.4, 0.5) is 5.69 Å². The third-order valence-electron chi connectivity index (χ3n) is 4.57. The normalized spacial score (nSPS) is 17.3. The van der Waals surface area contributed by atoms with Gasteiger partial charge in [0.15, 0.2) is 0 Å². The van der Waals surface area contributed by atoms with Crippen molar-refractivity contribution in [3.8, 4) is 0 Å². The van der Waals surface area contributed by atoms with Gasteiger partial charge in [0.05, 0.1) is 13.0 Å². The van der Waals surface area contributed by atoms with Crippen molar-refractivity contribution in [2.45, 2.75) is 19.4 Å². The lowest BCUT2D eigenvalue weighted by Gasteiger charge is -2.35. The summed E-state index contributed by atoms with van der Waals surface area (Å²) in [4.78, 5) is 16.4. The molecule has 3 rings (SSSR count). The Kier molecular flexibility index (Phi) is 6.69. The van der Waals surface area contributed by atoms with Crippen molar-refractivity contribution in [3.63, 3.8) is 0 Å². The second-order valence-electron chi connectivity index (χ2n) is 6.03. The molecule has 128 valence electrons. The Morgan fingerprint density at radius 2 is 2.04 bits per heavy atom. The van der Waals surface area contributed by atoms with Crippen LogP contribution in [0.5, 0.6) is 0 Å². The van der Waals surface area contributed by atoms with E-state index in [4.69, 9.17) is 4.74 Å². The van der Waals surface area contributed by atoms with Crippen LogP contribution in [0.15, 0.2) is 18.2 Å². The smallest absolute Gasteiger partial charge is 0.224 e. The number of rotatable bonds is 5. The molecule has 1 fully saturated rings. The lowest BCUT2D eigenvalue weighted by atomic mass is 10.1. The van der Waals surface area contributed by atoms with Crippen LogP contribution in [0.3, 0.4) is 0 Å². The van der Waals surface area contributed by atoms with Gasteiger partial charge in [-0.3, -0.25) is 9.69 Å². The summed E-state index contributed by atoms with van der Waals surface area (Å²) in [5, 5.41) is 3.50. The highest BCUT2D eigenvalue weighted by Crippen LogP contribution is 2.27. The number of methoxy groups -OCH3 is 1. The number of fused-ring (bicyclic) bond motifs is 1. The fraction of sp³-hybridized carbons (Fsp3) is 0.588. The summed E-state index contributed by atoms with van der Waals surface area (Å²) in [6.45, 7) is 6.08. The van der Waals surface area contributed by atoms with E-state index in [1.807, 2.05) is 4.90 Å². The zero-order valence-corrected chi connectivity index (χ0v) is 14.5. The number of para-hydroxylation sites is 1. The van der Waals surface area contributed by atoms with Crippen LogP contribution in [-0.2, 0) is 22.5 Å². The molecule has 1 aromatic carbocycles. The Morgan fingerprint density at radius 3 is 2.78 bits per heavy atom. The molecule has 1 N–H and O–H groups in total. The van der Waals surface area contributed by atoms with E-state index in [1.165, 1.54) is 16.8 Å². The van der Waals surface area contributed by atoms with E-state index in [0.717, 1.165) is 45.7 Å². The molecular weight excluding hydrogens is 314 g/mol. The largest absolute Gasteiger partial charge is 0.384 e. The van der Waals surface area contributed by atoms with Gasteiger partial charge in [0, 0.05) is 52.1 Å². The highest BCUT2D eigenvalue weighted by Gasteiger charge is 2.22. The average Bonchev–Trinajstić information content (AvgIpc) is 3.03. The molecule has 2 aliphatic rings. The highest BCUT2D eigenvalue weighted by molar-refractivity contribution is 5.85. The van der Waals surface area contributed by atoms with Gasteiger partial charge < -0.3 is 15.0 Å².